The predicted molar refractivity (Wildman–Crippen MR) is 143 cm³/mol. The summed E-state index contributed by atoms with van der Waals surface area (Å²) in [5.74, 6) is 0.103. The summed E-state index contributed by atoms with van der Waals surface area (Å²) >= 11 is 0. The second kappa shape index (κ2) is 21.3. The molecule has 0 aromatic heterocycles. The number of carboxylic acids is 1. The maximum absolute atomic E-state index is 10.3. The van der Waals surface area contributed by atoms with Crippen molar-refractivity contribution in [3.8, 4) is 5.75 Å². The lowest BCUT2D eigenvalue weighted by Crippen LogP contribution is -1.92. The van der Waals surface area contributed by atoms with E-state index < -0.39 is 5.97 Å². The Morgan fingerprint density at radius 2 is 1.36 bits per heavy atom. The Kier molecular flexibility index (Phi) is 19.7. The maximum atomic E-state index is 10.3. The van der Waals surface area contributed by atoms with Gasteiger partial charge in [0.1, 0.15) is 5.75 Å². The molecule has 33 heavy (non-hydrogen) atoms. The van der Waals surface area contributed by atoms with Gasteiger partial charge in [-0.15, -0.1) is 0 Å². The van der Waals surface area contributed by atoms with Crippen molar-refractivity contribution >= 4 is 5.97 Å². The molecule has 0 spiro atoms. The third-order valence-corrected chi connectivity index (χ3v) is 5.03. The molecule has 3 nitrogen and oxygen atoms in total. The van der Waals surface area contributed by atoms with E-state index in [4.69, 9.17) is 5.11 Å². The zero-order chi connectivity index (χ0) is 24.7. The number of hydrogen-bond donors (Lipinski definition) is 2. The van der Waals surface area contributed by atoms with Crippen LogP contribution in [0.2, 0.25) is 0 Å². The number of carboxylic acid groups (broad SMARTS) is 1. The van der Waals surface area contributed by atoms with E-state index in [0.29, 0.717) is 11.7 Å². The second-order valence-electron chi connectivity index (χ2n) is 8.59. The molecule has 0 bridgehead atoms. The van der Waals surface area contributed by atoms with Gasteiger partial charge in [-0.1, -0.05) is 94.4 Å². The molecule has 0 atom stereocenters. The largest absolute Gasteiger partial charge is 0.508 e. The van der Waals surface area contributed by atoms with Crippen LogP contribution >= 0.6 is 0 Å². The lowest BCUT2D eigenvalue weighted by Gasteiger charge is -2.07. The molecule has 0 saturated carbocycles. The van der Waals surface area contributed by atoms with Crippen molar-refractivity contribution in [1.29, 1.82) is 0 Å². The number of hydrogen-bond acceptors (Lipinski definition) is 2. The molecule has 2 N–H and O–H groups in total. The Morgan fingerprint density at radius 1 is 0.848 bits per heavy atom. The highest BCUT2D eigenvalue weighted by Gasteiger charge is 2.04. The fraction of sp³-hybridized carbons (Fsp3) is 0.500. The number of unbranched alkanes of at least 4 members (excludes halogenated alkanes) is 4. The molecule has 0 heterocycles. The van der Waals surface area contributed by atoms with Crippen molar-refractivity contribution in [2.45, 2.75) is 97.8 Å². The fourth-order valence-electron chi connectivity index (χ4n) is 3.07. The highest BCUT2D eigenvalue weighted by atomic mass is 16.4. The molecule has 0 aliphatic rings. The second-order valence-corrected chi connectivity index (χ2v) is 8.59. The van der Waals surface area contributed by atoms with Gasteiger partial charge in [0.2, 0.25) is 0 Å². The molecule has 1 aromatic rings. The minimum Gasteiger partial charge on any atom is -0.508 e. The van der Waals surface area contributed by atoms with Crippen LogP contribution in [-0.2, 0) is 4.79 Å². The van der Waals surface area contributed by atoms with Crippen LogP contribution in [0.3, 0.4) is 0 Å². The Labute approximate surface area is 202 Å². The first kappa shape index (κ1) is 30.4. The number of carbonyl (C=O) groups is 1. The number of aliphatic carboxylic acids is 1. The van der Waals surface area contributed by atoms with E-state index in [1.54, 1.807) is 6.07 Å². The summed E-state index contributed by atoms with van der Waals surface area (Å²) in [4.78, 5) is 10.3. The van der Waals surface area contributed by atoms with Gasteiger partial charge in [0.05, 0.1) is 0 Å². The molecule has 0 unspecified atom stereocenters. The Bertz CT molecular complexity index is 739. The van der Waals surface area contributed by atoms with Crippen LogP contribution in [0.1, 0.15) is 102 Å². The van der Waals surface area contributed by atoms with Crippen LogP contribution in [0, 0.1) is 6.92 Å². The van der Waals surface area contributed by atoms with Crippen molar-refractivity contribution in [2.24, 2.45) is 0 Å². The van der Waals surface area contributed by atoms with Crippen molar-refractivity contribution in [1.82, 2.24) is 0 Å². The molecular formula is C30H46O3. The van der Waals surface area contributed by atoms with Crippen molar-refractivity contribution in [3.63, 3.8) is 0 Å². The summed E-state index contributed by atoms with van der Waals surface area (Å²) in [5, 5.41) is 18.0. The molecule has 1 aromatic carbocycles. The maximum Gasteiger partial charge on any atom is 0.303 e. The highest BCUT2D eigenvalue weighted by molar-refractivity contribution is 5.66. The number of aryl methyl sites for hydroxylation is 1. The van der Waals surface area contributed by atoms with Crippen LogP contribution in [-0.4, -0.2) is 16.2 Å². The standard InChI is InChI=1S/C20H32O2.C10H14O/c1-2-3-4-5-6-7-8-9-10-11-12-13-14-15-16-17-18-19-20(21)22;1-7(2)9-5-4-8(3)6-10(9)11/h6-7,9-10,12-13,15-16H,2-5,8,11,14,17-19H2,1H3,(H,21,22);4-7,11H,1-3H3/b7-6-,10-9-,13-12-,16-15-;. The normalized spacial score (nSPS) is 11.8. The van der Waals surface area contributed by atoms with Gasteiger partial charge < -0.3 is 10.2 Å². The number of allylic oxidation sites excluding steroid dienone is 8. The van der Waals surface area contributed by atoms with Crippen molar-refractivity contribution < 1.29 is 15.0 Å². The molecule has 0 amide bonds. The lowest BCUT2D eigenvalue weighted by molar-refractivity contribution is -0.137. The first-order valence-electron chi connectivity index (χ1n) is 12.5. The molecule has 0 fully saturated rings. The first-order valence-corrected chi connectivity index (χ1v) is 12.5. The van der Waals surface area contributed by atoms with Gasteiger partial charge in [-0.25, -0.2) is 0 Å². The molecule has 3 heteroatoms. The first-order chi connectivity index (χ1) is 15.9. The van der Waals surface area contributed by atoms with E-state index in [0.717, 1.165) is 43.2 Å². The Balaban J connectivity index is 0.000000771. The molecule has 0 saturated heterocycles. The summed E-state index contributed by atoms with van der Waals surface area (Å²) in [6.45, 7) is 8.35. The molecule has 0 aliphatic carbocycles. The monoisotopic (exact) mass is 454 g/mol. The van der Waals surface area contributed by atoms with E-state index in [1.165, 1.54) is 25.7 Å². The Morgan fingerprint density at radius 3 is 1.82 bits per heavy atom. The zero-order valence-corrected chi connectivity index (χ0v) is 21.3. The van der Waals surface area contributed by atoms with Crippen LogP contribution in [0.25, 0.3) is 0 Å². The average molecular weight is 455 g/mol. The molecule has 1 rings (SSSR count). The number of aromatic hydroxyl groups is 1. The van der Waals surface area contributed by atoms with Gasteiger partial charge in [0.15, 0.2) is 0 Å². The summed E-state index contributed by atoms with van der Waals surface area (Å²) in [7, 11) is 0. The highest BCUT2D eigenvalue weighted by Crippen LogP contribution is 2.25. The average Bonchev–Trinajstić information content (AvgIpc) is 2.76. The lowest BCUT2D eigenvalue weighted by atomic mass is 10.0. The zero-order valence-electron chi connectivity index (χ0n) is 21.3. The van der Waals surface area contributed by atoms with Crippen molar-refractivity contribution in [3.05, 3.63) is 77.9 Å². The van der Waals surface area contributed by atoms with E-state index in [9.17, 15) is 9.90 Å². The molecular weight excluding hydrogens is 408 g/mol. The van der Waals surface area contributed by atoms with E-state index >= 15 is 0 Å². The SMILES string of the molecule is CCCCC/C=C\C/C=C\C/C=C\C/C=C\CCCC(=O)O.Cc1ccc(C(C)C)c(O)c1. The Hall–Kier alpha value is -2.55. The molecule has 0 radical (unpaired) electrons. The van der Waals surface area contributed by atoms with Gasteiger partial charge in [0, 0.05) is 6.42 Å². The van der Waals surface area contributed by atoms with Crippen LogP contribution in [0.4, 0.5) is 0 Å². The number of rotatable bonds is 15. The third-order valence-electron chi connectivity index (χ3n) is 5.03. The van der Waals surface area contributed by atoms with Gasteiger partial charge >= 0.3 is 5.97 Å². The van der Waals surface area contributed by atoms with Crippen molar-refractivity contribution in [2.75, 3.05) is 0 Å². The number of benzene rings is 1. The minimum atomic E-state index is -0.712. The molecule has 184 valence electrons. The van der Waals surface area contributed by atoms with E-state index in [2.05, 4.69) is 69.4 Å². The third kappa shape index (κ3) is 19.8. The summed E-state index contributed by atoms with van der Waals surface area (Å²) in [5.41, 5.74) is 2.13. The molecule has 0 aliphatic heterocycles. The van der Waals surface area contributed by atoms with Crippen LogP contribution in [0.5, 0.6) is 5.75 Å². The topological polar surface area (TPSA) is 57.5 Å². The number of phenolic OH excluding ortho intramolecular Hbond substituents is 1. The predicted octanol–water partition coefficient (Wildman–Crippen LogP) is 9.04. The summed E-state index contributed by atoms with van der Waals surface area (Å²) in [6.07, 6.45) is 27.3. The smallest absolute Gasteiger partial charge is 0.303 e. The summed E-state index contributed by atoms with van der Waals surface area (Å²) in [6, 6.07) is 5.81. The fourth-order valence-corrected chi connectivity index (χ4v) is 3.07. The van der Waals surface area contributed by atoms with Gasteiger partial charge in [-0.2, -0.15) is 0 Å². The van der Waals surface area contributed by atoms with Gasteiger partial charge in [-0.05, 0) is 75.0 Å². The van der Waals surface area contributed by atoms with E-state index in [1.807, 2.05) is 19.1 Å². The quantitative estimate of drug-likeness (QED) is 0.205. The van der Waals surface area contributed by atoms with Crippen LogP contribution < -0.4 is 0 Å². The minimum absolute atomic E-state index is 0.262. The van der Waals surface area contributed by atoms with E-state index in [-0.39, 0.29) is 6.42 Å². The summed E-state index contributed by atoms with van der Waals surface area (Å²) < 4.78 is 0. The number of phenols is 1. The van der Waals surface area contributed by atoms with Gasteiger partial charge in [0.25, 0.3) is 0 Å². The van der Waals surface area contributed by atoms with Crippen LogP contribution in [0.15, 0.2) is 66.8 Å². The van der Waals surface area contributed by atoms with Gasteiger partial charge in [-0.3, -0.25) is 4.79 Å².